The van der Waals surface area contributed by atoms with Crippen LogP contribution in [-0.2, 0) is 15.7 Å². The molecule has 2 unspecified atom stereocenters. The molecular formula is C25H35F6NO2. The minimum atomic E-state index is -4.47. The van der Waals surface area contributed by atoms with Crippen molar-refractivity contribution >= 4 is 5.97 Å². The van der Waals surface area contributed by atoms with Crippen LogP contribution in [-0.4, -0.2) is 36.7 Å². The summed E-state index contributed by atoms with van der Waals surface area (Å²) in [6.45, 7) is 6.57. The number of alkyl halides is 6. The third-order valence-electron chi connectivity index (χ3n) is 6.52. The summed E-state index contributed by atoms with van der Waals surface area (Å²) in [7, 11) is 1.30. The molecule has 1 aliphatic heterocycles. The first-order valence-electron chi connectivity index (χ1n) is 11.7. The summed E-state index contributed by atoms with van der Waals surface area (Å²) in [6, 6.07) is 4.10. The summed E-state index contributed by atoms with van der Waals surface area (Å²) in [5.74, 6) is -0.423. The number of piperidine rings is 1. The molecule has 194 valence electrons. The molecule has 9 heteroatoms. The molecule has 3 nitrogen and oxygen atoms in total. The van der Waals surface area contributed by atoms with Gasteiger partial charge in [-0.15, -0.1) is 0 Å². The first-order valence-corrected chi connectivity index (χ1v) is 11.7. The van der Waals surface area contributed by atoms with Crippen LogP contribution >= 0.6 is 0 Å². The van der Waals surface area contributed by atoms with Gasteiger partial charge in [0.2, 0.25) is 0 Å². The van der Waals surface area contributed by atoms with Crippen molar-refractivity contribution < 1.29 is 35.9 Å². The molecule has 0 bridgehead atoms. The number of ether oxygens (including phenoxy) is 1. The number of carbonyl (C=O) groups is 1. The van der Waals surface area contributed by atoms with Crippen LogP contribution in [0.3, 0.4) is 0 Å². The highest BCUT2D eigenvalue weighted by Gasteiger charge is 2.38. The Bertz CT molecular complexity index is 765. The molecular weight excluding hydrogens is 460 g/mol. The summed E-state index contributed by atoms with van der Waals surface area (Å²) in [5.41, 5.74) is -0.217. The van der Waals surface area contributed by atoms with Gasteiger partial charge in [-0.3, -0.25) is 9.69 Å². The maximum absolute atomic E-state index is 13.1. The lowest BCUT2D eigenvalue weighted by atomic mass is 9.81. The van der Waals surface area contributed by atoms with Crippen molar-refractivity contribution in [2.45, 2.75) is 90.2 Å². The molecule has 0 amide bonds. The lowest BCUT2D eigenvalue weighted by molar-refractivity contribution is -0.144. The van der Waals surface area contributed by atoms with E-state index in [9.17, 15) is 31.1 Å². The van der Waals surface area contributed by atoms with Crippen LogP contribution in [0.5, 0.6) is 0 Å². The number of likely N-dealkylation sites (tertiary alicyclic amines) is 1. The first kappa shape index (κ1) is 28.5. The van der Waals surface area contributed by atoms with Gasteiger partial charge in [0.15, 0.2) is 0 Å². The summed E-state index contributed by atoms with van der Waals surface area (Å²) >= 11 is 0. The summed E-state index contributed by atoms with van der Waals surface area (Å²) in [4.78, 5) is 13.9. The van der Waals surface area contributed by atoms with Gasteiger partial charge in [0.05, 0.1) is 12.7 Å². The topological polar surface area (TPSA) is 29.5 Å². The van der Waals surface area contributed by atoms with E-state index >= 15 is 0 Å². The van der Waals surface area contributed by atoms with Crippen molar-refractivity contribution in [2.24, 2.45) is 11.3 Å². The van der Waals surface area contributed by atoms with Gasteiger partial charge in [-0.2, -0.15) is 26.3 Å². The third kappa shape index (κ3) is 9.12. The van der Waals surface area contributed by atoms with Crippen LogP contribution in [0.2, 0.25) is 0 Å². The smallest absolute Gasteiger partial charge is 0.416 e. The van der Waals surface area contributed by atoms with Crippen molar-refractivity contribution in [3.63, 3.8) is 0 Å². The number of hydrogen-bond donors (Lipinski definition) is 0. The molecule has 34 heavy (non-hydrogen) atoms. The van der Waals surface area contributed by atoms with Gasteiger partial charge >= 0.3 is 18.3 Å². The Labute approximate surface area is 197 Å². The van der Waals surface area contributed by atoms with Gasteiger partial charge < -0.3 is 4.74 Å². The van der Waals surface area contributed by atoms with Crippen molar-refractivity contribution in [3.8, 4) is 0 Å². The third-order valence-corrected chi connectivity index (χ3v) is 6.52. The standard InChI is InChI=1S/C25H35F6NO2/c1-23(2,3)12-9-20(10-13-24(26,27)28)32-14-11-17(16-22(33)34-4)15-21(32)18-5-7-19(8-6-18)25(29,30)31/h5-8,17,20-21H,9-16H2,1-4H3/t17?,20-,21?/m1/s1. The Morgan fingerprint density at radius 3 is 2.12 bits per heavy atom. The molecule has 2 rings (SSSR count). The zero-order valence-corrected chi connectivity index (χ0v) is 20.2. The van der Waals surface area contributed by atoms with Crippen LogP contribution in [0, 0.1) is 11.3 Å². The highest BCUT2D eigenvalue weighted by Crippen LogP contribution is 2.41. The number of methoxy groups -OCH3 is 1. The number of carbonyl (C=O) groups excluding carboxylic acids is 1. The molecule has 1 saturated heterocycles. The van der Waals surface area contributed by atoms with Gasteiger partial charge in [-0.05, 0) is 67.7 Å². The zero-order chi connectivity index (χ0) is 25.7. The van der Waals surface area contributed by atoms with E-state index in [0.29, 0.717) is 31.4 Å². The molecule has 1 aromatic rings. The highest BCUT2D eigenvalue weighted by molar-refractivity contribution is 5.69. The van der Waals surface area contributed by atoms with Crippen LogP contribution < -0.4 is 0 Å². The fourth-order valence-electron chi connectivity index (χ4n) is 4.63. The van der Waals surface area contributed by atoms with Gasteiger partial charge in [-0.25, -0.2) is 0 Å². The van der Waals surface area contributed by atoms with E-state index in [4.69, 9.17) is 4.74 Å². The second-order valence-electron chi connectivity index (χ2n) is 10.5. The zero-order valence-electron chi connectivity index (χ0n) is 20.2. The van der Waals surface area contributed by atoms with Crippen LogP contribution in [0.15, 0.2) is 24.3 Å². The number of rotatable bonds is 8. The number of halogens is 6. The second kappa shape index (κ2) is 11.3. The Balaban J connectivity index is 2.35. The van der Waals surface area contributed by atoms with E-state index in [1.807, 2.05) is 25.7 Å². The molecule has 1 aliphatic rings. The normalized spacial score (nSPS) is 21.4. The van der Waals surface area contributed by atoms with E-state index in [-0.39, 0.29) is 42.2 Å². The maximum Gasteiger partial charge on any atom is 0.416 e. The molecule has 0 saturated carbocycles. The van der Waals surface area contributed by atoms with Gasteiger partial charge in [0, 0.05) is 24.9 Å². The van der Waals surface area contributed by atoms with E-state index in [1.165, 1.54) is 19.2 Å². The second-order valence-corrected chi connectivity index (χ2v) is 10.5. The molecule has 0 spiro atoms. The molecule has 0 aliphatic carbocycles. The fourth-order valence-corrected chi connectivity index (χ4v) is 4.63. The molecule has 3 atom stereocenters. The number of hydrogen-bond acceptors (Lipinski definition) is 3. The van der Waals surface area contributed by atoms with Gasteiger partial charge in [0.1, 0.15) is 0 Å². The average molecular weight is 496 g/mol. The Morgan fingerprint density at radius 2 is 1.62 bits per heavy atom. The van der Waals surface area contributed by atoms with Gasteiger partial charge in [-0.1, -0.05) is 32.9 Å². The minimum Gasteiger partial charge on any atom is -0.469 e. The summed E-state index contributed by atoms with van der Waals surface area (Å²) in [6.07, 6.45) is -7.20. The molecule has 1 aromatic carbocycles. The van der Waals surface area contributed by atoms with Crippen molar-refractivity contribution in [1.82, 2.24) is 4.90 Å². The molecule has 1 fully saturated rings. The van der Waals surface area contributed by atoms with Crippen LogP contribution in [0.4, 0.5) is 26.3 Å². The monoisotopic (exact) mass is 495 g/mol. The highest BCUT2D eigenvalue weighted by atomic mass is 19.4. The average Bonchev–Trinajstić information content (AvgIpc) is 2.72. The van der Waals surface area contributed by atoms with Crippen molar-refractivity contribution in [1.29, 1.82) is 0 Å². The van der Waals surface area contributed by atoms with Crippen molar-refractivity contribution in [2.75, 3.05) is 13.7 Å². The first-order chi connectivity index (χ1) is 15.6. The number of benzene rings is 1. The quantitative estimate of drug-likeness (QED) is 0.275. The predicted molar refractivity (Wildman–Crippen MR) is 118 cm³/mol. The Hall–Kier alpha value is -1.77. The summed E-state index contributed by atoms with van der Waals surface area (Å²) < 4.78 is 83.3. The van der Waals surface area contributed by atoms with E-state index in [0.717, 1.165) is 18.6 Å². The lowest BCUT2D eigenvalue weighted by Gasteiger charge is -2.45. The van der Waals surface area contributed by atoms with Gasteiger partial charge in [0.25, 0.3) is 0 Å². The summed E-state index contributed by atoms with van der Waals surface area (Å²) in [5, 5.41) is 0. The Kier molecular flexibility index (Phi) is 9.47. The maximum atomic E-state index is 13.1. The molecule has 1 heterocycles. The van der Waals surface area contributed by atoms with Crippen molar-refractivity contribution in [3.05, 3.63) is 35.4 Å². The largest absolute Gasteiger partial charge is 0.469 e. The molecule has 0 radical (unpaired) electrons. The minimum absolute atomic E-state index is 0.0538. The SMILES string of the molecule is COC(=O)CC1CCN([C@H](CCC(C)(C)C)CCC(F)(F)F)C(c2ccc(C(F)(F)F)cc2)C1. The van der Waals surface area contributed by atoms with Crippen LogP contribution in [0.1, 0.15) is 82.9 Å². The predicted octanol–water partition coefficient (Wildman–Crippen LogP) is 7.56. The fraction of sp³-hybridized carbons (Fsp3) is 0.720. The lowest BCUT2D eigenvalue weighted by Crippen LogP contribution is -2.44. The van der Waals surface area contributed by atoms with E-state index < -0.39 is 24.3 Å². The van der Waals surface area contributed by atoms with Crippen LogP contribution in [0.25, 0.3) is 0 Å². The van der Waals surface area contributed by atoms with E-state index in [1.54, 1.807) is 0 Å². The molecule has 0 N–H and O–H groups in total. The number of esters is 1. The Morgan fingerprint density at radius 1 is 1.03 bits per heavy atom. The van der Waals surface area contributed by atoms with E-state index in [2.05, 4.69) is 0 Å². The number of nitrogens with zero attached hydrogens (tertiary/aromatic N) is 1. The molecule has 0 aromatic heterocycles.